The number of hydrogen-bond acceptors (Lipinski definition) is 4. The highest BCUT2D eigenvalue weighted by Gasteiger charge is 2.31. The van der Waals surface area contributed by atoms with Gasteiger partial charge in [0.25, 0.3) is 0 Å². The number of amides is 1. The Balaban J connectivity index is 1.99. The van der Waals surface area contributed by atoms with Crippen molar-refractivity contribution in [3.63, 3.8) is 0 Å². The lowest BCUT2D eigenvalue weighted by atomic mass is 10.1. The van der Waals surface area contributed by atoms with Crippen molar-refractivity contribution in [3.8, 4) is 5.75 Å². The third kappa shape index (κ3) is 6.26. The van der Waals surface area contributed by atoms with E-state index in [1.54, 1.807) is 13.0 Å². The molecular formula is C17H17F3N2O4S. The second-order valence-corrected chi connectivity index (χ2v) is 7.48. The Morgan fingerprint density at radius 1 is 1.07 bits per heavy atom. The van der Waals surface area contributed by atoms with Crippen molar-refractivity contribution in [1.82, 2.24) is 4.72 Å². The molecule has 2 rings (SSSR count). The van der Waals surface area contributed by atoms with Crippen LogP contribution >= 0.6 is 0 Å². The molecule has 2 aromatic carbocycles. The minimum atomic E-state index is -4.87. The quantitative estimate of drug-likeness (QED) is 0.778. The highest BCUT2D eigenvalue weighted by atomic mass is 32.2. The fourth-order valence-electron chi connectivity index (χ4n) is 2.13. The van der Waals surface area contributed by atoms with E-state index >= 15 is 0 Å². The molecule has 2 N–H and O–H groups in total. The van der Waals surface area contributed by atoms with E-state index in [0.29, 0.717) is 5.69 Å². The Morgan fingerprint density at radius 3 is 2.30 bits per heavy atom. The number of carbonyl (C=O) groups is 1. The molecule has 0 aliphatic carbocycles. The van der Waals surface area contributed by atoms with Gasteiger partial charge in [0.15, 0.2) is 0 Å². The molecule has 0 radical (unpaired) electrons. The lowest BCUT2D eigenvalue weighted by Gasteiger charge is -2.11. The van der Waals surface area contributed by atoms with Crippen molar-refractivity contribution in [2.24, 2.45) is 0 Å². The summed E-state index contributed by atoms with van der Waals surface area (Å²) in [5.41, 5.74) is 2.31. The van der Waals surface area contributed by atoms with Crippen molar-refractivity contribution >= 4 is 21.6 Å². The topological polar surface area (TPSA) is 84.5 Å². The van der Waals surface area contributed by atoms with Crippen LogP contribution in [0.15, 0.2) is 47.4 Å². The van der Waals surface area contributed by atoms with Crippen LogP contribution in [0.2, 0.25) is 0 Å². The fraction of sp³-hybridized carbons (Fsp3) is 0.235. The maximum atomic E-state index is 12.2. The van der Waals surface area contributed by atoms with Gasteiger partial charge in [0.1, 0.15) is 5.75 Å². The summed E-state index contributed by atoms with van der Waals surface area (Å²) in [4.78, 5) is 11.7. The Bertz CT molecular complexity index is 926. The second kappa shape index (κ2) is 7.97. The number of alkyl halides is 3. The van der Waals surface area contributed by atoms with Crippen molar-refractivity contribution in [1.29, 1.82) is 0 Å². The SMILES string of the molecule is Cc1ccc(C)c(NC(=O)CNS(=O)(=O)c2ccc(OC(F)(F)F)cc2)c1. The number of aryl methyl sites for hydroxylation is 2. The number of carbonyl (C=O) groups excluding carboxylic acids is 1. The first-order valence-electron chi connectivity index (χ1n) is 7.69. The monoisotopic (exact) mass is 402 g/mol. The molecule has 0 aliphatic heterocycles. The number of halogens is 3. The lowest BCUT2D eigenvalue weighted by Crippen LogP contribution is -2.33. The molecule has 6 nitrogen and oxygen atoms in total. The number of hydrogen-bond donors (Lipinski definition) is 2. The normalized spacial score (nSPS) is 11.9. The average Bonchev–Trinajstić information content (AvgIpc) is 2.55. The molecule has 0 aliphatic rings. The highest BCUT2D eigenvalue weighted by molar-refractivity contribution is 7.89. The highest BCUT2D eigenvalue weighted by Crippen LogP contribution is 2.23. The van der Waals surface area contributed by atoms with Crippen LogP contribution in [0.3, 0.4) is 0 Å². The van der Waals surface area contributed by atoms with Crippen LogP contribution in [-0.4, -0.2) is 27.2 Å². The zero-order chi connectivity index (χ0) is 20.2. The van der Waals surface area contributed by atoms with Gasteiger partial charge in [-0.15, -0.1) is 13.2 Å². The third-order valence-electron chi connectivity index (χ3n) is 3.46. The molecule has 0 heterocycles. The molecule has 10 heteroatoms. The molecule has 0 fully saturated rings. The predicted molar refractivity (Wildman–Crippen MR) is 92.9 cm³/mol. The van der Waals surface area contributed by atoms with Gasteiger partial charge in [0, 0.05) is 5.69 Å². The minimum Gasteiger partial charge on any atom is -0.406 e. The smallest absolute Gasteiger partial charge is 0.406 e. The minimum absolute atomic E-state index is 0.295. The summed E-state index contributed by atoms with van der Waals surface area (Å²) >= 11 is 0. The number of nitrogens with one attached hydrogen (secondary N) is 2. The molecule has 0 saturated carbocycles. The van der Waals surface area contributed by atoms with Crippen LogP contribution < -0.4 is 14.8 Å². The molecule has 0 atom stereocenters. The zero-order valence-electron chi connectivity index (χ0n) is 14.4. The largest absolute Gasteiger partial charge is 0.573 e. The summed E-state index contributed by atoms with van der Waals surface area (Å²) in [6.45, 7) is 3.12. The molecule has 0 bridgehead atoms. The van der Waals surface area contributed by atoms with E-state index in [1.165, 1.54) is 0 Å². The summed E-state index contributed by atoms with van der Waals surface area (Å²) in [6.07, 6.45) is -4.87. The fourth-order valence-corrected chi connectivity index (χ4v) is 3.11. The molecular weight excluding hydrogens is 385 g/mol. The van der Waals surface area contributed by atoms with E-state index in [4.69, 9.17) is 0 Å². The van der Waals surface area contributed by atoms with Gasteiger partial charge in [-0.25, -0.2) is 13.1 Å². The number of benzene rings is 2. The van der Waals surface area contributed by atoms with E-state index in [1.807, 2.05) is 19.1 Å². The van der Waals surface area contributed by atoms with Crippen LogP contribution in [0.4, 0.5) is 18.9 Å². The molecule has 0 spiro atoms. The number of sulfonamides is 1. The Morgan fingerprint density at radius 2 is 1.70 bits per heavy atom. The molecule has 0 unspecified atom stereocenters. The number of ether oxygens (including phenoxy) is 1. The van der Waals surface area contributed by atoms with Crippen LogP contribution in [0.5, 0.6) is 5.75 Å². The van der Waals surface area contributed by atoms with Gasteiger partial charge in [-0.3, -0.25) is 4.79 Å². The van der Waals surface area contributed by atoms with Gasteiger partial charge in [0.2, 0.25) is 15.9 Å². The first kappa shape index (κ1) is 20.7. The first-order valence-corrected chi connectivity index (χ1v) is 9.17. The van der Waals surface area contributed by atoms with Gasteiger partial charge in [-0.1, -0.05) is 12.1 Å². The molecule has 0 saturated heterocycles. The van der Waals surface area contributed by atoms with Gasteiger partial charge >= 0.3 is 6.36 Å². The van der Waals surface area contributed by atoms with Gasteiger partial charge in [-0.2, -0.15) is 0 Å². The Labute approximate surface area is 154 Å². The van der Waals surface area contributed by atoms with Crippen LogP contribution in [-0.2, 0) is 14.8 Å². The van der Waals surface area contributed by atoms with Gasteiger partial charge in [-0.05, 0) is 55.3 Å². The van der Waals surface area contributed by atoms with Crippen LogP contribution in [0.25, 0.3) is 0 Å². The van der Waals surface area contributed by atoms with Crippen molar-refractivity contribution in [3.05, 3.63) is 53.6 Å². The van der Waals surface area contributed by atoms with Gasteiger partial charge < -0.3 is 10.1 Å². The third-order valence-corrected chi connectivity index (χ3v) is 4.87. The van der Waals surface area contributed by atoms with Crippen molar-refractivity contribution < 1.29 is 31.1 Å². The first-order chi connectivity index (χ1) is 12.5. The van der Waals surface area contributed by atoms with E-state index in [2.05, 4.69) is 14.8 Å². The Hall–Kier alpha value is -2.59. The van der Waals surface area contributed by atoms with Crippen molar-refractivity contribution in [2.75, 3.05) is 11.9 Å². The van der Waals surface area contributed by atoms with Crippen LogP contribution in [0, 0.1) is 13.8 Å². The molecule has 0 aromatic heterocycles. The summed E-state index contributed by atoms with van der Waals surface area (Å²) < 4.78 is 66.4. The summed E-state index contributed by atoms with van der Waals surface area (Å²) in [7, 11) is -4.07. The number of rotatable bonds is 6. The zero-order valence-corrected chi connectivity index (χ0v) is 15.2. The van der Waals surface area contributed by atoms with E-state index in [-0.39, 0.29) is 4.90 Å². The summed E-state index contributed by atoms with van der Waals surface area (Å²) in [5, 5.41) is 2.60. The molecule has 146 valence electrons. The van der Waals surface area contributed by atoms with Crippen LogP contribution in [0.1, 0.15) is 11.1 Å². The van der Waals surface area contributed by atoms with E-state index in [0.717, 1.165) is 35.4 Å². The predicted octanol–water partition coefficient (Wildman–Crippen LogP) is 3.12. The lowest BCUT2D eigenvalue weighted by molar-refractivity contribution is -0.274. The standard InChI is InChI=1S/C17H17F3N2O4S/c1-11-3-4-12(2)15(9-11)22-16(23)10-21-27(24,25)14-7-5-13(6-8-14)26-17(18,19)20/h3-9,21H,10H2,1-2H3,(H,22,23). The average molecular weight is 402 g/mol. The maximum absolute atomic E-state index is 12.2. The summed E-state index contributed by atoms with van der Waals surface area (Å²) in [5.74, 6) is -1.13. The number of anilines is 1. The van der Waals surface area contributed by atoms with Crippen molar-refractivity contribution in [2.45, 2.75) is 25.1 Å². The van der Waals surface area contributed by atoms with Gasteiger partial charge in [0.05, 0.1) is 11.4 Å². The maximum Gasteiger partial charge on any atom is 0.573 e. The Kier molecular flexibility index (Phi) is 6.11. The molecule has 27 heavy (non-hydrogen) atoms. The van der Waals surface area contributed by atoms with E-state index < -0.39 is 34.6 Å². The summed E-state index contributed by atoms with van der Waals surface area (Å²) in [6, 6.07) is 9.09. The van der Waals surface area contributed by atoms with E-state index in [9.17, 15) is 26.4 Å². The molecule has 2 aromatic rings. The second-order valence-electron chi connectivity index (χ2n) is 5.71. The molecule has 1 amide bonds.